The number of carbonyl (C=O) groups excluding carboxylic acids is 1. The summed E-state index contributed by atoms with van der Waals surface area (Å²) in [6.45, 7) is 8.43. The van der Waals surface area contributed by atoms with E-state index in [0.29, 0.717) is 10.2 Å². The molecule has 1 atom stereocenters. The molecule has 0 aliphatic heterocycles. The van der Waals surface area contributed by atoms with Gasteiger partial charge < -0.3 is 5.32 Å². The average Bonchev–Trinajstić information content (AvgIpc) is 2.73. The van der Waals surface area contributed by atoms with E-state index in [9.17, 15) is 4.79 Å². The van der Waals surface area contributed by atoms with E-state index in [1.165, 1.54) is 11.8 Å². The van der Waals surface area contributed by atoms with Crippen LogP contribution in [-0.2, 0) is 4.79 Å². The van der Waals surface area contributed by atoms with Crippen LogP contribution in [-0.4, -0.2) is 26.6 Å². The molecule has 0 spiro atoms. The number of thioether (sulfide) groups is 1. The molecule has 3 aromatic rings. The second-order valence-corrected chi connectivity index (χ2v) is 8.68. The Morgan fingerprint density at radius 1 is 0.967 bits per heavy atom. The molecule has 2 heterocycles. The van der Waals surface area contributed by atoms with Crippen molar-refractivity contribution in [3.8, 4) is 11.4 Å². The summed E-state index contributed by atoms with van der Waals surface area (Å²) in [4.78, 5) is 25.1. The molecular formula is C23H27ClN4OS. The predicted molar refractivity (Wildman–Crippen MR) is 125 cm³/mol. The lowest BCUT2D eigenvalue weighted by Crippen LogP contribution is -2.28. The Morgan fingerprint density at radius 3 is 2.30 bits per heavy atom. The van der Waals surface area contributed by atoms with Gasteiger partial charge in [-0.3, -0.25) is 9.78 Å². The molecule has 1 amide bonds. The minimum Gasteiger partial charge on any atom is -0.349 e. The van der Waals surface area contributed by atoms with Gasteiger partial charge in [-0.2, -0.15) is 0 Å². The molecule has 1 aromatic carbocycles. The van der Waals surface area contributed by atoms with Gasteiger partial charge >= 0.3 is 0 Å². The van der Waals surface area contributed by atoms with Crippen LogP contribution in [0.2, 0.25) is 5.02 Å². The summed E-state index contributed by atoms with van der Waals surface area (Å²) in [6.07, 6.45) is 3.39. The number of pyridine rings is 1. The number of hydrogen-bond acceptors (Lipinski definition) is 5. The third-order valence-electron chi connectivity index (χ3n) is 3.64. The van der Waals surface area contributed by atoms with E-state index in [1.54, 1.807) is 18.5 Å². The van der Waals surface area contributed by atoms with Crippen molar-refractivity contribution in [1.82, 2.24) is 20.3 Å². The van der Waals surface area contributed by atoms with Crippen molar-refractivity contribution in [3.63, 3.8) is 0 Å². The topological polar surface area (TPSA) is 67.8 Å². The maximum atomic E-state index is 12.2. The fraction of sp³-hybridized carbons (Fsp3) is 0.304. The van der Waals surface area contributed by atoms with Crippen molar-refractivity contribution < 1.29 is 4.79 Å². The predicted octanol–water partition coefficient (Wildman–Crippen LogP) is 5.82. The molecular weight excluding hydrogens is 416 g/mol. The number of halogens is 1. The second-order valence-electron chi connectivity index (χ2n) is 7.30. The monoisotopic (exact) mass is 442 g/mol. The summed E-state index contributed by atoms with van der Waals surface area (Å²) in [5.74, 6) is 0.994. The highest BCUT2D eigenvalue weighted by Gasteiger charge is 2.11. The number of hydrogen-bond donors (Lipinski definition) is 1. The molecule has 2 aromatic heterocycles. The smallest absolute Gasteiger partial charge is 0.230 e. The Kier molecular flexibility index (Phi) is 9.77. The van der Waals surface area contributed by atoms with Crippen molar-refractivity contribution >= 4 is 29.3 Å². The number of amides is 1. The summed E-state index contributed by atoms with van der Waals surface area (Å²) >= 11 is 7.18. The molecule has 5 nitrogen and oxygen atoms in total. The standard InChI is InChI=1S/C19H17ClN4OS.C4H10/c1-13(14-5-7-15(20)8-6-14)23-18(25)12-26-19-22-11-9-17(24-19)16-4-2-3-10-21-16;1-4(2)3/h2-11,13H,12H2,1H3,(H,23,25);4H,1-3H3. The van der Waals surface area contributed by atoms with E-state index < -0.39 is 0 Å². The molecule has 0 bridgehead atoms. The first-order chi connectivity index (χ1) is 14.3. The van der Waals surface area contributed by atoms with Crippen LogP contribution in [0.5, 0.6) is 0 Å². The zero-order chi connectivity index (χ0) is 21.9. The van der Waals surface area contributed by atoms with Crippen LogP contribution >= 0.6 is 23.4 Å². The largest absolute Gasteiger partial charge is 0.349 e. The molecule has 7 heteroatoms. The number of benzene rings is 1. The van der Waals surface area contributed by atoms with Crippen molar-refractivity contribution in [1.29, 1.82) is 0 Å². The van der Waals surface area contributed by atoms with E-state index in [2.05, 4.69) is 41.0 Å². The van der Waals surface area contributed by atoms with Crippen molar-refractivity contribution in [2.75, 3.05) is 5.75 Å². The Bertz CT molecular complexity index is 917. The van der Waals surface area contributed by atoms with Crippen LogP contribution in [0.25, 0.3) is 11.4 Å². The van der Waals surface area contributed by atoms with Gasteiger partial charge in [0.1, 0.15) is 0 Å². The van der Waals surface area contributed by atoms with Gasteiger partial charge in [0.25, 0.3) is 0 Å². The van der Waals surface area contributed by atoms with Gasteiger partial charge in [-0.05, 0) is 48.7 Å². The number of nitrogens with one attached hydrogen (secondary N) is 1. The van der Waals surface area contributed by atoms with Gasteiger partial charge in [-0.15, -0.1) is 0 Å². The minimum absolute atomic E-state index is 0.0794. The Balaban J connectivity index is 0.000000735. The Morgan fingerprint density at radius 2 is 1.67 bits per heavy atom. The van der Waals surface area contributed by atoms with Crippen LogP contribution in [0, 0.1) is 5.92 Å². The number of rotatable bonds is 6. The van der Waals surface area contributed by atoms with Crippen LogP contribution in [0.4, 0.5) is 0 Å². The first-order valence-electron chi connectivity index (χ1n) is 9.77. The lowest BCUT2D eigenvalue weighted by atomic mass is 10.1. The highest BCUT2D eigenvalue weighted by molar-refractivity contribution is 7.99. The summed E-state index contributed by atoms with van der Waals surface area (Å²) in [5, 5.41) is 4.18. The van der Waals surface area contributed by atoms with Crippen molar-refractivity contribution in [3.05, 3.63) is 71.5 Å². The van der Waals surface area contributed by atoms with E-state index in [-0.39, 0.29) is 17.7 Å². The first-order valence-corrected chi connectivity index (χ1v) is 11.1. The molecule has 0 aliphatic carbocycles. The highest BCUT2D eigenvalue weighted by atomic mass is 35.5. The SMILES string of the molecule is CC(C)C.CC(NC(=O)CSc1nccc(-c2ccccn2)n1)c1ccc(Cl)cc1. The van der Waals surface area contributed by atoms with E-state index in [1.807, 2.05) is 49.4 Å². The van der Waals surface area contributed by atoms with Crippen LogP contribution in [0.1, 0.15) is 39.3 Å². The molecule has 158 valence electrons. The molecule has 0 saturated heterocycles. The van der Waals surface area contributed by atoms with E-state index >= 15 is 0 Å². The van der Waals surface area contributed by atoms with Crippen LogP contribution in [0.15, 0.2) is 66.1 Å². The Labute approximate surface area is 187 Å². The van der Waals surface area contributed by atoms with Gasteiger partial charge in [-0.25, -0.2) is 9.97 Å². The maximum absolute atomic E-state index is 12.2. The van der Waals surface area contributed by atoms with Gasteiger partial charge in [0.05, 0.1) is 23.2 Å². The van der Waals surface area contributed by atoms with E-state index in [4.69, 9.17) is 11.6 Å². The molecule has 3 rings (SSSR count). The molecule has 0 fully saturated rings. The second kappa shape index (κ2) is 12.3. The van der Waals surface area contributed by atoms with Crippen molar-refractivity contribution in [2.24, 2.45) is 5.92 Å². The van der Waals surface area contributed by atoms with Crippen LogP contribution < -0.4 is 5.32 Å². The molecule has 0 aliphatic rings. The molecule has 1 unspecified atom stereocenters. The summed E-state index contributed by atoms with van der Waals surface area (Å²) < 4.78 is 0. The maximum Gasteiger partial charge on any atom is 0.230 e. The fourth-order valence-electron chi connectivity index (χ4n) is 2.32. The highest BCUT2D eigenvalue weighted by Crippen LogP contribution is 2.19. The summed E-state index contributed by atoms with van der Waals surface area (Å²) in [6, 6.07) is 14.8. The Hall–Kier alpha value is -2.44. The number of aromatic nitrogens is 3. The normalized spacial score (nSPS) is 11.4. The third kappa shape index (κ3) is 8.51. The molecule has 0 radical (unpaired) electrons. The third-order valence-corrected chi connectivity index (χ3v) is 4.75. The zero-order valence-electron chi connectivity index (χ0n) is 17.7. The lowest BCUT2D eigenvalue weighted by Gasteiger charge is -2.14. The molecule has 1 N–H and O–H groups in total. The van der Waals surface area contributed by atoms with Gasteiger partial charge in [0, 0.05) is 17.4 Å². The number of carbonyl (C=O) groups is 1. The van der Waals surface area contributed by atoms with Gasteiger partial charge in [0.2, 0.25) is 5.91 Å². The van der Waals surface area contributed by atoms with Crippen molar-refractivity contribution in [2.45, 2.75) is 38.9 Å². The summed E-state index contributed by atoms with van der Waals surface area (Å²) in [7, 11) is 0. The summed E-state index contributed by atoms with van der Waals surface area (Å²) in [5.41, 5.74) is 2.51. The van der Waals surface area contributed by atoms with Gasteiger partial charge in [0.15, 0.2) is 5.16 Å². The average molecular weight is 443 g/mol. The minimum atomic E-state index is -0.0962. The number of nitrogens with zero attached hydrogens (tertiary/aromatic N) is 3. The molecule has 30 heavy (non-hydrogen) atoms. The van der Waals surface area contributed by atoms with E-state index in [0.717, 1.165) is 22.9 Å². The zero-order valence-corrected chi connectivity index (χ0v) is 19.2. The van der Waals surface area contributed by atoms with Crippen LogP contribution in [0.3, 0.4) is 0 Å². The lowest BCUT2D eigenvalue weighted by molar-refractivity contribution is -0.119. The first kappa shape index (κ1) is 23.8. The fourth-order valence-corrected chi connectivity index (χ4v) is 3.08. The quantitative estimate of drug-likeness (QED) is 0.384. The van der Waals surface area contributed by atoms with Gasteiger partial charge in [-0.1, -0.05) is 62.3 Å². The molecule has 0 saturated carbocycles.